The maximum atomic E-state index is 12.2. The third kappa shape index (κ3) is 2.56. The number of hydrogen-bond donors (Lipinski definition) is 0. The van der Waals surface area contributed by atoms with Gasteiger partial charge in [-0.1, -0.05) is 12.8 Å². The summed E-state index contributed by atoms with van der Waals surface area (Å²) in [5, 5.41) is 0. The van der Waals surface area contributed by atoms with Gasteiger partial charge in [0.05, 0.1) is 18.8 Å². The summed E-state index contributed by atoms with van der Waals surface area (Å²) in [5.41, 5.74) is 0.0512. The predicted octanol–water partition coefficient (Wildman–Crippen LogP) is 2.73. The fourth-order valence-electron chi connectivity index (χ4n) is 4.59. The number of ether oxygens (including phenoxy) is 3. The zero-order chi connectivity index (χ0) is 15.9. The number of carbonyl (C=O) groups is 2. The van der Waals surface area contributed by atoms with Crippen LogP contribution in [0.3, 0.4) is 0 Å². The minimum absolute atomic E-state index is 0.320. The third-order valence-corrected chi connectivity index (χ3v) is 5.43. The number of rotatable bonds is 2. The van der Waals surface area contributed by atoms with Gasteiger partial charge in [-0.3, -0.25) is 4.79 Å². The molecule has 1 aliphatic carbocycles. The molecule has 4 atom stereocenters. The molecule has 0 aromatic carbocycles. The zero-order valence-corrected chi connectivity index (χ0v) is 13.5. The maximum Gasteiger partial charge on any atom is 0.339 e. The minimum Gasteiger partial charge on any atom is -0.465 e. The van der Waals surface area contributed by atoms with Crippen LogP contribution in [0.15, 0.2) is 11.3 Å². The fourth-order valence-corrected chi connectivity index (χ4v) is 4.59. The molecule has 0 unspecified atom stereocenters. The Kier molecular flexibility index (Phi) is 4.02. The van der Waals surface area contributed by atoms with Crippen LogP contribution in [0.5, 0.6) is 0 Å². The highest BCUT2D eigenvalue weighted by Gasteiger charge is 2.53. The fraction of sp³-hybridized carbons (Fsp3) is 0.765. The first-order chi connectivity index (χ1) is 10.4. The molecule has 0 radical (unpaired) electrons. The molecule has 2 heterocycles. The van der Waals surface area contributed by atoms with Crippen molar-refractivity contribution in [2.24, 2.45) is 11.8 Å². The van der Waals surface area contributed by atoms with Crippen LogP contribution in [0.2, 0.25) is 0 Å². The van der Waals surface area contributed by atoms with Gasteiger partial charge in [0, 0.05) is 13.3 Å². The van der Waals surface area contributed by atoms with Crippen molar-refractivity contribution in [2.45, 2.75) is 64.1 Å². The van der Waals surface area contributed by atoms with E-state index in [-0.39, 0.29) is 11.7 Å². The molecule has 1 saturated carbocycles. The predicted molar refractivity (Wildman–Crippen MR) is 78.8 cm³/mol. The van der Waals surface area contributed by atoms with Crippen LogP contribution in [-0.4, -0.2) is 30.8 Å². The van der Waals surface area contributed by atoms with Gasteiger partial charge in [-0.25, -0.2) is 4.79 Å². The van der Waals surface area contributed by atoms with Crippen LogP contribution < -0.4 is 0 Å². The zero-order valence-electron chi connectivity index (χ0n) is 13.5. The molecule has 0 N–H and O–H groups in total. The van der Waals surface area contributed by atoms with Crippen LogP contribution in [0.4, 0.5) is 0 Å². The lowest BCUT2D eigenvalue weighted by Gasteiger charge is -2.53. The van der Waals surface area contributed by atoms with Gasteiger partial charge in [0.1, 0.15) is 11.3 Å². The van der Waals surface area contributed by atoms with E-state index in [4.69, 9.17) is 14.2 Å². The summed E-state index contributed by atoms with van der Waals surface area (Å²) in [7, 11) is 1.35. The normalized spacial score (nSPS) is 37.3. The van der Waals surface area contributed by atoms with Gasteiger partial charge in [0.15, 0.2) is 0 Å². The van der Waals surface area contributed by atoms with E-state index in [0.29, 0.717) is 29.6 Å². The summed E-state index contributed by atoms with van der Waals surface area (Å²) in [6, 6.07) is 0. The van der Waals surface area contributed by atoms with Crippen LogP contribution in [0.1, 0.15) is 52.4 Å². The number of fused-ring (bicyclic) bond motifs is 4. The Morgan fingerprint density at radius 2 is 2.00 bits per heavy atom. The van der Waals surface area contributed by atoms with Gasteiger partial charge in [-0.05, 0) is 38.0 Å². The number of esters is 2. The van der Waals surface area contributed by atoms with Gasteiger partial charge in [-0.2, -0.15) is 0 Å². The first-order valence-corrected chi connectivity index (χ1v) is 8.12. The molecule has 0 aromatic rings. The summed E-state index contributed by atoms with van der Waals surface area (Å²) in [6.45, 7) is 3.46. The smallest absolute Gasteiger partial charge is 0.339 e. The second kappa shape index (κ2) is 5.69. The highest BCUT2D eigenvalue weighted by Crippen LogP contribution is 2.52. The maximum absolute atomic E-state index is 12.2. The van der Waals surface area contributed by atoms with E-state index < -0.39 is 11.9 Å². The number of carbonyl (C=O) groups excluding carboxylic acids is 2. The molecule has 2 bridgehead atoms. The molecule has 0 aromatic heterocycles. The van der Waals surface area contributed by atoms with E-state index in [0.717, 1.165) is 12.8 Å². The molecular formula is C17H24O5. The van der Waals surface area contributed by atoms with Crippen molar-refractivity contribution >= 4 is 11.9 Å². The van der Waals surface area contributed by atoms with E-state index in [1.165, 1.54) is 33.3 Å². The van der Waals surface area contributed by atoms with E-state index in [2.05, 4.69) is 6.92 Å². The van der Waals surface area contributed by atoms with Crippen molar-refractivity contribution in [2.75, 3.05) is 7.11 Å². The van der Waals surface area contributed by atoms with Gasteiger partial charge < -0.3 is 14.2 Å². The molecule has 22 heavy (non-hydrogen) atoms. The van der Waals surface area contributed by atoms with Crippen molar-refractivity contribution in [1.82, 2.24) is 0 Å². The van der Waals surface area contributed by atoms with E-state index in [9.17, 15) is 9.59 Å². The monoisotopic (exact) mass is 308 g/mol. The van der Waals surface area contributed by atoms with Gasteiger partial charge in [0.2, 0.25) is 0 Å². The number of hydrogen-bond acceptors (Lipinski definition) is 5. The largest absolute Gasteiger partial charge is 0.465 e. The first kappa shape index (κ1) is 15.5. The molecule has 122 valence electrons. The summed E-state index contributed by atoms with van der Waals surface area (Å²) < 4.78 is 16.5. The summed E-state index contributed by atoms with van der Waals surface area (Å²) in [4.78, 5) is 23.6. The third-order valence-electron chi connectivity index (χ3n) is 5.43. The summed E-state index contributed by atoms with van der Waals surface area (Å²) >= 11 is 0. The van der Waals surface area contributed by atoms with Crippen molar-refractivity contribution in [3.63, 3.8) is 0 Å². The SMILES string of the molecule is COC(=O)C1=C(OC(C)=O)C[C@@]2(C)O[C@@H]1C[C@@H]1CCCC[C@@H]12. The molecule has 0 amide bonds. The molecule has 2 aliphatic heterocycles. The topological polar surface area (TPSA) is 61.8 Å². The standard InChI is InChI=1S/C17H24O5/c1-10(18)21-14-9-17(2)12-7-5-4-6-11(12)8-13(22-17)15(14)16(19)20-3/h11-13H,4-9H2,1-3H3/t11-,12-,13+,17+/m0/s1. The van der Waals surface area contributed by atoms with Crippen LogP contribution in [0, 0.1) is 11.8 Å². The van der Waals surface area contributed by atoms with Crippen molar-refractivity contribution in [3.05, 3.63) is 11.3 Å². The molecular weight excluding hydrogens is 284 g/mol. The molecule has 3 aliphatic rings. The van der Waals surface area contributed by atoms with Crippen LogP contribution in [0.25, 0.3) is 0 Å². The Balaban J connectivity index is 1.99. The van der Waals surface area contributed by atoms with Crippen molar-refractivity contribution in [3.8, 4) is 0 Å². The Morgan fingerprint density at radius 1 is 1.27 bits per heavy atom. The summed E-state index contributed by atoms with van der Waals surface area (Å²) in [5.74, 6) is 0.651. The lowest BCUT2D eigenvalue weighted by atomic mass is 9.63. The van der Waals surface area contributed by atoms with Crippen molar-refractivity contribution in [1.29, 1.82) is 0 Å². The summed E-state index contributed by atoms with van der Waals surface area (Å²) in [6.07, 6.45) is 5.77. The van der Waals surface area contributed by atoms with Gasteiger partial charge in [-0.15, -0.1) is 0 Å². The van der Waals surface area contributed by atoms with E-state index in [1.807, 2.05) is 0 Å². The minimum atomic E-state index is -0.447. The lowest BCUT2D eigenvalue weighted by Crippen LogP contribution is -2.55. The molecule has 0 spiro atoms. The molecule has 1 saturated heterocycles. The number of methoxy groups -OCH3 is 1. The van der Waals surface area contributed by atoms with E-state index >= 15 is 0 Å². The Morgan fingerprint density at radius 3 is 2.68 bits per heavy atom. The second-order valence-corrected chi connectivity index (χ2v) is 6.90. The van der Waals surface area contributed by atoms with Crippen molar-refractivity contribution < 1.29 is 23.8 Å². The average Bonchev–Trinajstić information content (AvgIpc) is 2.45. The Hall–Kier alpha value is -1.36. The second-order valence-electron chi connectivity index (χ2n) is 6.90. The molecule has 5 heteroatoms. The molecule has 5 nitrogen and oxygen atoms in total. The highest BCUT2D eigenvalue weighted by molar-refractivity contribution is 5.91. The highest BCUT2D eigenvalue weighted by atomic mass is 16.6. The molecule has 2 fully saturated rings. The molecule has 3 rings (SSSR count). The first-order valence-electron chi connectivity index (χ1n) is 8.12. The van der Waals surface area contributed by atoms with E-state index in [1.54, 1.807) is 0 Å². The quantitative estimate of drug-likeness (QED) is 0.734. The Labute approximate surface area is 131 Å². The van der Waals surface area contributed by atoms with Gasteiger partial charge >= 0.3 is 11.9 Å². The van der Waals surface area contributed by atoms with Gasteiger partial charge in [0.25, 0.3) is 0 Å². The van der Waals surface area contributed by atoms with Crippen LogP contribution >= 0.6 is 0 Å². The Bertz CT molecular complexity index is 523. The average molecular weight is 308 g/mol. The van der Waals surface area contributed by atoms with Crippen LogP contribution in [-0.2, 0) is 23.8 Å². The lowest BCUT2D eigenvalue weighted by molar-refractivity contribution is -0.190.